The van der Waals surface area contributed by atoms with Crippen LogP contribution in [0.1, 0.15) is 51.0 Å². The quantitative estimate of drug-likeness (QED) is 0.771. The molecule has 0 bridgehead atoms. The van der Waals surface area contributed by atoms with Gasteiger partial charge in [-0.05, 0) is 57.2 Å². The summed E-state index contributed by atoms with van der Waals surface area (Å²) in [5.74, 6) is -0.109. The van der Waals surface area contributed by atoms with Gasteiger partial charge in [-0.3, -0.25) is 19.1 Å². The van der Waals surface area contributed by atoms with Gasteiger partial charge >= 0.3 is 0 Å². The number of aromatic nitrogens is 2. The molecule has 0 spiro atoms. The number of carbonyl (C=O) groups is 3. The van der Waals surface area contributed by atoms with E-state index in [4.69, 9.17) is 5.73 Å². The second kappa shape index (κ2) is 7.96. The molecule has 2 N–H and O–H groups in total. The van der Waals surface area contributed by atoms with Gasteiger partial charge < -0.3 is 10.6 Å². The Hall–Kier alpha value is -2.96. The van der Waals surface area contributed by atoms with Crippen LogP contribution < -0.4 is 5.73 Å². The second-order valence-corrected chi connectivity index (χ2v) is 7.52. The first-order valence-electron chi connectivity index (χ1n) is 9.47. The number of aryl methyl sites for hydroxylation is 1. The number of amides is 2. The zero-order valence-corrected chi connectivity index (χ0v) is 16.6. The molecule has 0 saturated carbocycles. The monoisotopic (exact) mass is 382 g/mol. The highest BCUT2D eigenvalue weighted by molar-refractivity contribution is 5.96. The summed E-state index contributed by atoms with van der Waals surface area (Å²) in [6.45, 7) is 6.65. The highest BCUT2D eigenvalue weighted by Gasteiger charge is 2.27. The lowest BCUT2D eigenvalue weighted by Gasteiger charge is -2.17. The number of hydrogen-bond donors (Lipinski definition) is 1. The molecular formula is C21H26N4O3. The molecule has 0 radical (unpaired) electrons. The van der Waals surface area contributed by atoms with Crippen LogP contribution in [0, 0.1) is 19.8 Å². The van der Waals surface area contributed by atoms with Crippen LogP contribution in [0.2, 0.25) is 0 Å². The lowest BCUT2D eigenvalue weighted by atomic mass is 9.97. The van der Waals surface area contributed by atoms with E-state index < -0.39 is 5.91 Å². The fourth-order valence-electron chi connectivity index (χ4n) is 4.00. The number of hydrogen-bond acceptors (Lipinski definition) is 4. The van der Waals surface area contributed by atoms with E-state index in [1.807, 2.05) is 30.0 Å². The number of nitrogens with two attached hydrogens (primary N) is 1. The summed E-state index contributed by atoms with van der Waals surface area (Å²) in [5.41, 5.74) is 8.90. The summed E-state index contributed by atoms with van der Waals surface area (Å²) in [7, 11) is 0. The van der Waals surface area contributed by atoms with Gasteiger partial charge in [-0.25, -0.2) is 0 Å². The van der Waals surface area contributed by atoms with Crippen molar-refractivity contribution in [2.45, 2.75) is 40.2 Å². The lowest BCUT2D eigenvalue weighted by molar-refractivity contribution is -0.131. The maximum absolute atomic E-state index is 12.7. The summed E-state index contributed by atoms with van der Waals surface area (Å²) in [6, 6.07) is 7.35. The summed E-state index contributed by atoms with van der Waals surface area (Å²) < 4.78 is 1.62. The van der Waals surface area contributed by atoms with Crippen LogP contribution >= 0.6 is 0 Å². The molecule has 0 aliphatic carbocycles. The molecule has 28 heavy (non-hydrogen) atoms. The molecule has 1 saturated heterocycles. The van der Waals surface area contributed by atoms with Gasteiger partial charge in [-0.15, -0.1) is 0 Å². The zero-order chi connectivity index (χ0) is 20.4. The van der Waals surface area contributed by atoms with Crippen LogP contribution in [0.5, 0.6) is 0 Å². The van der Waals surface area contributed by atoms with Crippen LogP contribution in [-0.2, 0) is 17.8 Å². The molecular weight excluding hydrogens is 356 g/mol. The Morgan fingerprint density at radius 1 is 1.25 bits per heavy atom. The highest BCUT2D eigenvalue weighted by atomic mass is 16.2. The average Bonchev–Trinajstić information content (AvgIpc) is 3.19. The number of ketones is 1. The smallest absolute Gasteiger partial charge is 0.248 e. The van der Waals surface area contributed by atoms with E-state index >= 15 is 0 Å². The van der Waals surface area contributed by atoms with Gasteiger partial charge in [-0.1, -0.05) is 12.1 Å². The molecule has 1 unspecified atom stereocenters. The average molecular weight is 382 g/mol. The Kier molecular flexibility index (Phi) is 5.63. The molecule has 1 aliphatic rings. The lowest BCUT2D eigenvalue weighted by Crippen LogP contribution is -2.32. The first-order valence-corrected chi connectivity index (χ1v) is 9.47. The molecule has 2 aromatic rings. The van der Waals surface area contributed by atoms with Crippen molar-refractivity contribution < 1.29 is 14.4 Å². The third-order valence-electron chi connectivity index (χ3n) is 5.39. The molecule has 1 aliphatic heterocycles. The largest absolute Gasteiger partial charge is 0.366 e. The van der Waals surface area contributed by atoms with Gasteiger partial charge in [0.15, 0.2) is 5.78 Å². The number of Topliss-reactive ketones (excluding diaryl/α,β-unsaturated/α-hetero) is 1. The number of benzene rings is 1. The Morgan fingerprint density at radius 2 is 2.00 bits per heavy atom. The van der Waals surface area contributed by atoms with Crippen molar-refractivity contribution in [2.24, 2.45) is 11.7 Å². The second-order valence-electron chi connectivity index (χ2n) is 7.52. The molecule has 2 amide bonds. The minimum absolute atomic E-state index is 0.00842. The Bertz CT molecular complexity index is 932. The van der Waals surface area contributed by atoms with Crippen molar-refractivity contribution in [2.75, 3.05) is 13.1 Å². The standard InChI is InChI=1S/C21H26N4O3/c1-13-20(15(3)26)14(2)25(23-13)12-19(27)24-8-7-17(11-24)9-16-5-4-6-18(10-16)21(22)28/h4-6,10,17H,7-9,11-12H2,1-3H3,(H2,22,28). The highest BCUT2D eigenvalue weighted by Crippen LogP contribution is 2.22. The van der Waals surface area contributed by atoms with Gasteiger partial charge in [-0.2, -0.15) is 5.10 Å². The van der Waals surface area contributed by atoms with Gasteiger partial charge in [0.2, 0.25) is 11.8 Å². The third-order valence-corrected chi connectivity index (χ3v) is 5.39. The van der Waals surface area contributed by atoms with Gasteiger partial charge in [0.1, 0.15) is 6.54 Å². The third kappa shape index (κ3) is 4.13. The van der Waals surface area contributed by atoms with Crippen LogP contribution in [0.15, 0.2) is 24.3 Å². The molecule has 7 heteroatoms. The molecule has 2 heterocycles. The summed E-state index contributed by atoms with van der Waals surface area (Å²) in [4.78, 5) is 37.7. The predicted octanol–water partition coefficient (Wildman–Crippen LogP) is 1.89. The normalized spacial score (nSPS) is 16.4. The predicted molar refractivity (Wildman–Crippen MR) is 105 cm³/mol. The van der Waals surface area contributed by atoms with Crippen LogP contribution in [0.3, 0.4) is 0 Å². The first kappa shape index (κ1) is 19.8. The topological polar surface area (TPSA) is 98.3 Å². The molecule has 7 nitrogen and oxygen atoms in total. The number of likely N-dealkylation sites (tertiary alicyclic amines) is 1. The van der Waals surface area contributed by atoms with Crippen molar-refractivity contribution in [3.63, 3.8) is 0 Å². The molecule has 1 aromatic heterocycles. The number of primary amides is 1. The van der Waals surface area contributed by atoms with E-state index in [-0.39, 0.29) is 18.2 Å². The van der Waals surface area contributed by atoms with Gasteiger partial charge in [0, 0.05) is 24.3 Å². The molecule has 1 fully saturated rings. The Balaban J connectivity index is 1.62. The van der Waals surface area contributed by atoms with E-state index in [0.717, 1.165) is 24.1 Å². The Labute approximate surface area is 164 Å². The number of carbonyl (C=O) groups excluding carboxylic acids is 3. The van der Waals surface area contributed by atoms with E-state index in [1.54, 1.807) is 17.7 Å². The van der Waals surface area contributed by atoms with Crippen LogP contribution in [-0.4, -0.2) is 45.4 Å². The number of nitrogens with zero attached hydrogens (tertiary/aromatic N) is 3. The fourth-order valence-corrected chi connectivity index (χ4v) is 4.00. The van der Waals surface area contributed by atoms with Crippen molar-refractivity contribution >= 4 is 17.6 Å². The Morgan fingerprint density at radius 3 is 2.64 bits per heavy atom. The first-order chi connectivity index (χ1) is 13.3. The minimum atomic E-state index is -0.431. The van der Waals surface area contributed by atoms with Crippen molar-refractivity contribution in [1.82, 2.24) is 14.7 Å². The molecule has 148 valence electrons. The van der Waals surface area contributed by atoms with Crippen molar-refractivity contribution in [1.29, 1.82) is 0 Å². The van der Waals surface area contributed by atoms with Crippen molar-refractivity contribution in [3.8, 4) is 0 Å². The minimum Gasteiger partial charge on any atom is -0.366 e. The molecule has 1 atom stereocenters. The van der Waals surface area contributed by atoms with E-state index in [1.165, 1.54) is 6.92 Å². The number of rotatable bonds is 6. The van der Waals surface area contributed by atoms with Crippen LogP contribution in [0.25, 0.3) is 0 Å². The zero-order valence-electron chi connectivity index (χ0n) is 16.6. The SMILES string of the molecule is CC(=O)c1c(C)nn(CC(=O)N2CCC(Cc3cccc(C(N)=O)c3)C2)c1C. The fraction of sp³-hybridized carbons (Fsp3) is 0.429. The van der Waals surface area contributed by atoms with Crippen LogP contribution in [0.4, 0.5) is 0 Å². The van der Waals surface area contributed by atoms with Gasteiger partial charge in [0.25, 0.3) is 0 Å². The van der Waals surface area contributed by atoms with Gasteiger partial charge in [0.05, 0.1) is 11.3 Å². The molecule has 1 aromatic carbocycles. The van der Waals surface area contributed by atoms with E-state index in [2.05, 4.69) is 5.10 Å². The van der Waals surface area contributed by atoms with E-state index in [9.17, 15) is 14.4 Å². The van der Waals surface area contributed by atoms with E-state index in [0.29, 0.717) is 35.8 Å². The summed E-state index contributed by atoms with van der Waals surface area (Å²) in [5, 5.41) is 4.36. The van der Waals surface area contributed by atoms with Crippen molar-refractivity contribution in [3.05, 3.63) is 52.3 Å². The summed E-state index contributed by atoms with van der Waals surface area (Å²) in [6.07, 6.45) is 1.72. The maximum Gasteiger partial charge on any atom is 0.248 e. The summed E-state index contributed by atoms with van der Waals surface area (Å²) >= 11 is 0. The maximum atomic E-state index is 12.7. The molecule has 3 rings (SSSR count).